The van der Waals surface area contributed by atoms with Gasteiger partial charge in [-0.05, 0) is 32.1 Å². The van der Waals surface area contributed by atoms with Crippen LogP contribution in [-0.2, 0) is 0 Å². The van der Waals surface area contributed by atoms with Crippen LogP contribution in [0.2, 0.25) is 0 Å². The third-order valence-corrected chi connectivity index (χ3v) is 2.72. The predicted molar refractivity (Wildman–Crippen MR) is 54.0 cm³/mol. The van der Waals surface area contributed by atoms with E-state index in [-0.39, 0.29) is 0 Å². The zero-order valence-corrected chi connectivity index (χ0v) is 8.85. The number of rotatable bonds is 1. The molecular weight excluding hydrogens is 146 g/mol. The molecule has 0 saturated carbocycles. The standard InChI is InChI=1S/C11H21N/c1-9(2)12-8-11(4,5)7-6-10(12)3/h9H,3,6-8H2,1-2,4-5H3. The van der Waals surface area contributed by atoms with Crippen molar-refractivity contribution in [2.45, 2.75) is 46.6 Å². The molecule has 1 heteroatoms. The van der Waals surface area contributed by atoms with Gasteiger partial charge in [0.1, 0.15) is 0 Å². The fourth-order valence-corrected chi connectivity index (χ4v) is 1.83. The van der Waals surface area contributed by atoms with Crippen molar-refractivity contribution in [1.82, 2.24) is 4.90 Å². The molecule has 1 heterocycles. The average Bonchev–Trinajstić information content (AvgIpc) is 1.94. The second-order valence-electron chi connectivity index (χ2n) is 4.95. The highest BCUT2D eigenvalue weighted by Crippen LogP contribution is 2.33. The molecule has 1 saturated heterocycles. The maximum Gasteiger partial charge on any atom is 0.0230 e. The van der Waals surface area contributed by atoms with Gasteiger partial charge in [-0.3, -0.25) is 0 Å². The minimum Gasteiger partial charge on any atom is -0.372 e. The lowest BCUT2D eigenvalue weighted by atomic mass is 9.82. The Hall–Kier alpha value is -0.460. The Balaban J connectivity index is 2.66. The lowest BCUT2D eigenvalue weighted by Crippen LogP contribution is -2.41. The Morgan fingerprint density at radius 1 is 1.42 bits per heavy atom. The fraction of sp³-hybridized carbons (Fsp3) is 0.818. The van der Waals surface area contributed by atoms with Crippen molar-refractivity contribution >= 4 is 0 Å². The van der Waals surface area contributed by atoms with Crippen molar-refractivity contribution in [3.63, 3.8) is 0 Å². The van der Waals surface area contributed by atoms with Crippen molar-refractivity contribution in [3.8, 4) is 0 Å². The molecule has 1 aliphatic heterocycles. The zero-order valence-electron chi connectivity index (χ0n) is 8.85. The monoisotopic (exact) mass is 167 g/mol. The molecule has 0 atom stereocenters. The summed E-state index contributed by atoms with van der Waals surface area (Å²) in [4.78, 5) is 2.43. The SMILES string of the molecule is C=C1CCC(C)(C)CN1C(C)C. The molecule has 12 heavy (non-hydrogen) atoms. The maximum atomic E-state index is 4.11. The maximum absolute atomic E-state index is 4.11. The largest absolute Gasteiger partial charge is 0.372 e. The van der Waals surface area contributed by atoms with Crippen LogP contribution in [0.5, 0.6) is 0 Å². The van der Waals surface area contributed by atoms with Crippen LogP contribution in [0, 0.1) is 5.41 Å². The van der Waals surface area contributed by atoms with E-state index in [1.807, 2.05) is 0 Å². The molecule has 1 aliphatic rings. The molecule has 0 radical (unpaired) electrons. The Morgan fingerprint density at radius 2 is 2.00 bits per heavy atom. The van der Waals surface area contributed by atoms with Crippen molar-refractivity contribution in [2.75, 3.05) is 6.54 Å². The zero-order chi connectivity index (χ0) is 9.35. The van der Waals surface area contributed by atoms with Crippen molar-refractivity contribution in [3.05, 3.63) is 12.3 Å². The third kappa shape index (κ3) is 2.02. The van der Waals surface area contributed by atoms with Gasteiger partial charge < -0.3 is 4.90 Å². The van der Waals surface area contributed by atoms with Crippen LogP contribution in [0.1, 0.15) is 40.5 Å². The summed E-state index contributed by atoms with van der Waals surface area (Å²) in [6.45, 7) is 14.4. The highest BCUT2D eigenvalue weighted by molar-refractivity contribution is 5.02. The summed E-state index contributed by atoms with van der Waals surface area (Å²) in [5.74, 6) is 0. The van der Waals surface area contributed by atoms with Gasteiger partial charge in [0.25, 0.3) is 0 Å². The number of likely N-dealkylation sites (tertiary alicyclic amines) is 1. The quantitative estimate of drug-likeness (QED) is 0.580. The molecule has 0 aromatic carbocycles. The van der Waals surface area contributed by atoms with E-state index >= 15 is 0 Å². The summed E-state index contributed by atoms with van der Waals surface area (Å²) in [6, 6.07) is 0.608. The average molecular weight is 167 g/mol. The highest BCUT2D eigenvalue weighted by Gasteiger charge is 2.28. The van der Waals surface area contributed by atoms with Crippen molar-refractivity contribution < 1.29 is 0 Å². The Morgan fingerprint density at radius 3 is 2.42 bits per heavy atom. The lowest BCUT2D eigenvalue weighted by Gasteiger charge is -2.43. The molecular formula is C11H21N. The fourth-order valence-electron chi connectivity index (χ4n) is 1.83. The first-order valence-electron chi connectivity index (χ1n) is 4.87. The molecule has 1 fully saturated rings. The van der Waals surface area contributed by atoms with Crippen molar-refractivity contribution in [1.29, 1.82) is 0 Å². The third-order valence-electron chi connectivity index (χ3n) is 2.72. The first-order valence-corrected chi connectivity index (χ1v) is 4.87. The van der Waals surface area contributed by atoms with Crippen LogP contribution in [-0.4, -0.2) is 17.5 Å². The molecule has 0 unspecified atom stereocenters. The van der Waals surface area contributed by atoms with Crippen LogP contribution in [0.25, 0.3) is 0 Å². The van der Waals surface area contributed by atoms with E-state index in [2.05, 4.69) is 39.2 Å². The van der Waals surface area contributed by atoms with Gasteiger partial charge in [0.2, 0.25) is 0 Å². The second kappa shape index (κ2) is 3.12. The molecule has 0 N–H and O–H groups in total. The summed E-state index contributed by atoms with van der Waals surface area (Å²) < 4.78 is 0. The second-order valence-corrected chi connectivity index (χ2v) is 4.95. The lowest BCUT2D eigenvalue weighted by molar-refractivity contribution is 0.133. The van der Waals surface area contributed by atoms with Crippen LogP contribution in [0.3, 0.4) is 0 Å². The van der Waals surface area contributed by atoms with Gasteiger partial charge in [-0.25, -0.2) is 0 Å². The Bertz CT molecular complexity index is 179. The summed E-state index contributed by atoms with van der Waals surface area (Å²) in [6.07, 6.45) is 2.46. The number of hydrogen-bond acceptors (Lipinski definition) is 1. The topological polar surface area (TPSA) is 3.24 Å². The first-order chi connectivity index (χ1) is 5.42. The normalized spacial score (nSPS) is 23.4. The van der Waals surface area contributed by atoms with E-state index in [1.54, 1.807) is 0 Å². The van der Waals surface area contributed by atoms with E-state index in [0.29, 0.717) is 11.5 Å². The van der Waals surface area contributed by atoms with Crippen molar-refractivity contribution in [2.24, 2.45) is 5.41 Å². The number of hydrogen-bond donors (Lipinski definition) is 0. The van der Waals surface area contributed by atoms with Crippen LogP contribution >= 0.6 is 0 Å². The molecule has 0 aromatic heterocycles. The van der Waals surface area contributed by atoms with Crippen LogP contribution < -0.4 is 0 Å². The Kier molecular flexibility index (Phi) is 2.50. The summed E-state index contributed by atoms with van der Waals surface area (Å²) in [5.41, 5.74) is 1.80. The minimum atomic E-state index is 0.478. The molecule has 0 bridgehead atoms. The molecule has 0 spiro atoms. The summed E-state index contributed by atoms with van der Waals surface area (Å²) in [5, 5.41) is 0. The molecule has 70 valence electrons. The van der Waals surface area contributed by atoms with E-state index < -0.39 is 0 Å². The van der Waals surface area contributed by atoms with Gasteiger partial charge in [-0.2, -0.15) is 0 Å². The van der Waals surface area contributed by atoms with E-state index in [0.717, 1.165) is 0 Å². The van der Waals surface area contributed by atoms with Gasteiger partial charge in [-0.1, -0.05) is 20.4 Å². The van der Waals surface area contributed by atoms with Gasteiger partial charge >= 0.3 is 0 Å². The van der Waals surface area contributed by atoms with Crippen LogP contribution in [0.15, 0.2) is 12.3 Å². The summed E-state index contributed by atoms with van der Waals surface area (Å²) in [7, 11) is 0. The minimum absolute atomic E-state index is 0.478. The summed E-state index contributed by atoms with van der Waals surface area (Å²) >= 11 is 0. The van der Waals surface area contributed by atoms with E-state index in [1.165, 1.54) is 25.1 Å². The van der Waals surface area contributed by atoms with Gasteiger partial charge in [0.15, 0.2) is 0 Å². The molecule has 1 rings (SSSR count). The molecule has 0 aliphatic carbocycles. The molecule has 1 nitrogen and oxygen atoms in total. The Labute approximate surface area is 76.5 Å². The first kappa shape index (κ1) is 9.63. The van der Waals surface area contributed by atoms with E-state index in [9.17, 15) is 0 Å². The number of piperidine rings is 1. The van der Waals surface area contributed by atoms with Gasteiger partial charge in [-0.15, -0.1) is 0 Å². The number of nitrogens with zero attached hydrogens (tertiary/aromatic N) is 1. The molecule has 0 aromatic rings. The smallest absolute Gasteiger partial charge is 0.0230 e. The van der Waals surface area contributed by atoms with Crippen LogP contribution in [0.4, 0.5) is 0 Å². The highest BCUT2D eigenvalue weighted by atomic mass is 15.2. The number of allylic oxidation sites excluding steroid dienone is 1. The van der Waals surface area contributed by atoms with Gasteiger partial charge in [0.05, 0.1) is 0 Å². The molecule has 0 amide bonds. The van der Waals surface area contributed by atoms with Gasteiger partial charge in [0, 0.05) is 18.3 Å². The predicted octanol–water partition coefficient (Wildman–Crippen LogP) is 3.03. The van der Waals surface area contributed by atoms with E-state index in [4.69, 9.17) is 0 Å².